The molecule has 0 nitrogen and oxygen atoms in total. The van der Waals surface area contributed by atoms with Crippen LogP contribution in [0.15, 0.2) is 24.3 Å². The van der Waals surface area contributed by atoms with Gasteiger partial charge in [0.1, 0.15) is 0 Å². The van der Waals surface area contributed by atoms with E-state index in [0.717, 1.165) is 0 Å². The normalized spacial score (nSPS) is 6.10. The maximum absolute atomic E-state index is 5.48. The predicted octanol–water partition coefficient (Wildman–Crippen LogP) is -0.659. The van der Waals surface area contributed by atoms with E-state index in [1.165, 1.54) is 0 Å². The molecule has 1 aromatic carbocycles. The van der Waals surface area contributed by atoms with Crippen LogP contribution in [0.3, 0.4) is 0 Å². The molecule has 1 aromatic rings. The third kappa shape index (κ3) is 7.16. The minimum Gasteiger partial charge on any atom is -1.00 e. The second kappa shape index (κ2) is 10.0. The smallest absolute Gasteiger partial charge is 1.00 e. The van der Waals surface area contributed by atoms with Crippen molar-refractivity contribution in [3.05, 3.63) is 35.4 Å². The molecule has 0 saturated carbocycles. The maximum Gasteiger partial charge on any atom is 2.00 e. The molecule has 4 heteroatoms. The van der Waals surface area contributed by atoms with Crippen LogP contribution in [0, 0.1) is 6.07 Å². The van der Waals surface area contributed by atoms with Gasteiger partial charge in [0, 0.05) is 0 Å². The molecule has 0 amide bonds. The van der Waals surface area contributed by atoms with Crippen LogP contribution in [0.5, 0.6) is 0 Å². The fraction of sp³-hybridized carbons (Fsp3) is 0. The van der Waals surface area contributed by atoms with E-state index in [2.05, 4.69) is 6.07 Å². The van der Waals surface area contributed by atoms with Crippen LogP contribution < -0.4 is 12.4 Å². The molecule has 0 saturated heterocycles. The standard InChI is InChI=1S/C6H4Cl.BrH.ClH.Mg/c7-6-4-2-1-3-5-6;;;/h1-4H;2*1H;/q-1;;;+2/p-1. The largest absolute Gasteiger partial charge is 2.00 e. The molecule has 0 radical (unpaired) electrons. The number of hydrogen-bond acceptors (Lipinski definition) is 0. The Morgan fingerprint density at radius 1 is 1.30 bits per heavy atom. The first kappa shape index (κ1) is 17.2. The first-order chi connectivity index (χ1) is 3.39. The molecule has 0 heterocycles. The minimum atomic E-state index is 0. The zero-order valence-corrected chi connectivity index (χ0v) is 9.82. The molecule has 1 rings (SSSR count). The van der Waals surface area contributed by atoms with Crippen LogP contribution in [0.25, 0.3) is 0 Å². The molecule has 0 aliphatic rings. The molecule has 0 unspecified atom stereocenters. The molecule has 0 bridgehead atoms. The van der Waals surface area contributed by atoms with Gasteiger partial charge < -0.3 is 12.4 Å². The second-order valence-electron chi connectivity index (χ2n) is 1.21. The molecule has 0 N–H and O–H groups in total. The van der Waals surface area contributed by atoms with Crippen LogP contribution in [-0.4, -0.2) is 23.1 Å². The topological polar surface area (TPSA) is 0 Å². The molecule has 0 aliphatic heterocycles. The van der Waals surface area contributed by atoms with Crippen molar-refractivity contribution in [2.24, 2.45) is 0 Å². The van der Waals surface area contributed by atoms with Gasteiger partial charge in [-0.1, -0.05) is 5.02 Å². The Balaban J connectivity index is -0.000000163. The summed E-state index contributed by atoms with van der Waals surface area (Å²) < 4.78 is 0. The summed E-state index contributed by atoms with van der Waals surface area (Å²) in [6.45, 7) is 0. The Morgan fingerprint density at radius 3 is 2.10 bits per heavy atom. The average Bonchev–Trinajstić information content (AvgIpc) is 1.69. The monoisotopic (exact) mass is 250 g/mol. The van der Waals surface area contributed by atoms with E-state index in [0.29, 0.717) is 5.02 Å². The first-order valence-corrected chi connectivity index (χ1v) is 2.39. The van der Waals surface area contributed by atoms with Gasteiger partial charge >= 0.3 is 23.1 Å². The summed E-state index contributed by atoms with van der Waals surface area (Å²) in [5.41, 5.74) is 0. The van der Waals surface area contributed by atoms with Gasteiger partial charge in [-0.25, -0.2) is 0 Å². The van der Waals surface area contributed by atoms with E-state index in [1.54, 1.807) is 12.1 Å². The van der Waals surface area contributed by atoms with Crippen molar-refractivity contribution in [2.75, 3.05) is 0 Å². The minimum absolute atomic E-state index is 0. The Bertz CT molecular complexity index is 146. The summed E-state index contributed by atoms with van der Waals surface area (Å²) in [4.78, 5) is 0. The van der Waals surface area contributed by atoms with Gasteiger partial charge in [-0.15, -0.1) is 28.6 Å². The van der Waals surface area contributed by atoms with E-state index in [9.17, 15) is 0 Å². The van der Waals surface area contributed by atoms with Gasteiger partial charge in [-0.05, 0) is 0 Å². The number of hydrogen-bond donors (Lipinski definition) is 0. The molecule has 0 aliphatic carbocycles. The quantitative estimate of drug-likeness (QED) is 0.425. The van der Waals surface area contributed by atoms with Crippen molar-refractivity contribution in [3.63, 3.8) is 0 Å². The van der Waals surface area contributed by atoms with Crippen LogP contribution in [0.1, 0.15) is 0 Å². The van der Waals surface area contributed by atoms with Gasteiger partial charge in [0.15, 0.2) is 0 Å². The van der Waals surface area contributed by atoms with Crippen LogP contribution in [0.2, 0.25) is 5.02 Å². The van der Waals surface area contributed by atoms with Gasteiger partial charge in [-0.3, -0.25) is 0 Å². The van der Waals surface area contributed by atoms with Crippen LogP contribution in [-0.2, 0) is 0 Å². The molecule has 0 fully saturated rings. The maximum atomic E-state index is 5.48. The zero-order valence-electron chi connectivity index (χ0n) is 5.18. The fourth-order valence-electron chi connectivity index (χ4n) is 0.371. The van der Waals surface area contributed by atoms with Crippen LogP contribution in [0.4, 0.5) is 0 Å². The average molecular weight is 252 g/mol. The van der Waals surface area contributed by atoms with Crippen molar-refractivity contribution < 1.29 is 12.4 Å². The van der Waals surface area contributed by atoms with Crippen molar-refractivity contribution in [3.8, 4) is 0 Å². The fourth-order valence-corrected chi connectivity index (χ4v) is 0.507. The summed E-state index contributed by atoms with van der Waals surface area (Å²) in [5.74, 6) is 0. The Morgan fingerprint density at radius 2 is 1.90 bits per heavy atom. The molecular weight excluding hydrogens is 247 g/mol. The third-order valence-electron chi connectivity index (χ3n) is 0.671. The van der Waals surface area contributed by atoms with Gasteiger partial charge in [0.05, 0.1) is 0 Å². The van der Waals surface area contributed by atoms with E-state index in [1.807, 2.05) is 12.1 Å². The third-order valence-corrected chi connectivity index (χ3v) is 0.906. The predicted molar refractivity (Wildman–Crippen MR) is 46.4 cm³/mol. The second-order valence-corrected chi connectivity index (χ2v) is 1.62. The summed E-state index contributed by atoms with van der Waals surface area (Å²) in [6, 6.07) is 10.1. The zero-order chi connectivity index (χ0) is 5.11. The summed E-state index contributed by atoms with van der Waals surface area (Å²) in [7, 11) is 0. The molecular formula is C6H5BrCl2Mg. The Kier molecular flexibility index (Phi) is 17.3. The SMILES string of the molecule is Br.Clc1[c-]cccc1.[Cl-].[Mg+2]. The number of benzene rings is 1. The molecule has 0 atom stereocenters. The Labute approximate surface area is 98.7 Å². The molecule has 0 spiro atoms. The number of halogens is 3. The summed E-state index contributed by atoms with van der Waals surface area (Å²) in [6.07, 6.45) is 0. The van der Waals surface area contributed by atoms with Crippen molar-refractivity contribution in [1.82, 2.24) is 0 Å². The van der Waals surface area contributed by atoms with Gasteiger partial charge in [0.25, 0.3) is 0 Å². The van der Waals surface area contributed by atoms with Gasteiger partial charge in [0.2, 0.25) is 0 Å². The van der Waals surface area contributed by atoms with Crippen molar-refractivity contribution in [1.29, 1.82) is 0 Å². The summed E-state index contributed by atoms with van der Waals surface area (Å²) in [5, 5.41) is 0.669. The number of rotatable bonds is 0. The van der Waals surface area contributed by atoms with Crippen molar-refractivity contribution >= 4 is 51.6 Å². The van der Waals surface area contributed by atoms with Crippen LogP contribution >= 0.6 is 28.6 Å². The summed E-state index contributed by atoms with van der Waals surface area (Å²) >= 11 is 5.48. The molecule has 52 valence electrons. The molecule has 10 heavy (non-hydrogen) atoms. The first-order valence-electron chi connectivity index (χ1n) is 2.02. The Hall–Kier alpha value is 1.05. The van der Waals surface area contributed by atoms with E-state index < -0.39 is 0 Å². The van der Waals surface area contributed by atoms with Gasteiger partial charge in [-0.2, -0.15) is 30.3 Å². The van der Waals surface area contributed by atoms with E-state index >= 15 is 0 Å². The van der Waals surface area contributed by atoms with E-state index in [-0.39, 0.29) is 52.4 Å². The van der Waals surface area contributed by atoms with Crippen molar-refractivity contribution in [2.45, 2.75) is 0 Å². The molecule has 0 aromatic heterocycles. The van der Waals surface area contributed by atoms with E-state index in [4.69, 9.17) is 11.6 Å².